The maximum atomic E-state index is 9.78. The van der Waals surface area contributed by atoms with Gasteiger partial charge in [-0.3, -0.25) is 0 Å². The second-order valence-corrected chi connectivity index (χ2v) is 2.01. The Balaban J connectivity index is 2.25. The minimum atomic E-state index is 0.421. The molecule has 2 atom stereocenters. The summed E-state index contributed by atoms with van der Waals surface area (Å²) in [6.45, 7) is 2.10. The lowest BCUT2D eigenvalue weighted by Gasteiger charge is -1.67. The van der Waals surface area contributed by atoms with E-state index in [0.717, 1.165) is 12.7 Å². The fraction of sp³-hybridized carbons (Fsp3) is 0.800. The van der Waals surface area contributed by atoms with Gasteiger partial charge in [0, 0.05) is 5.92 Å². The van der Waals surface area contributed by atoms with E-state index in [2.05, 4.69) is 6.92 Å². The van der Waals surface area contributed by atoms with Gasteiger partial charge in [-0.1, -0.05) is 6.92 Å². The molecule has 1 aliphatic rings. The van der Waals surface area contributed by atoms with E-state index < -0.39 is 0 Å². The van der Waals surface area contributed by atoms with Gasteiger partial charge in [0.05, 0.1) is 0 Å². The summed E-state index contributed by atoms with van der Waals surface area (Å²) >= 11 is 0. The van der Waals surface area contributed by atoms with E-state index in [1.165, 1.54) is 0 Å². The third kappa shape index (κ3) is 0.445. The summed E-state index contributed by atoms with van der Waals surface area (Å²) in [4.78, 5) is 9.78. The third-order valence-corrected chi connectivity index (χ3v) is 1.35. The van der Waals surface area contributed by atoms with Gasteiger partial charge >= 0.3 is 0 Å². The van der Waals surface area contributed by atoms with Crippen LogP contribution in [0.15, 0.2) is 0 Å². The zero-order valence-corrected chi connectivity index (χ0v) is 3.85. The van der Waals surface area contributed by atoms with Gasteiger partial charge in [0.2, 0.25) is 0 Å². The SMILES string of the molecule is C[C@H]1C[C@@H]1C=O. The average molecular weight is 84.1 g/mol. The first-order chi connectivity index (χ1) is 2.84. The van der Waals surface area contributed by atoms with Crippen LogP contribution in [0.25, 0.3) is 0 Å². The molecule has 0 spiro atoms. The molecule has 0 amide bonds. The Labute approximate surface area is 37.4 Å². The predicted molar refractivity (Wildman–Crippen MR) is 23.3 cm³/mol. The first kappa shape index (κ1) is 3.85. The maximum absolute atomic E-state index is 9.78. The van der Waals surface area contributed by atoms with E-state index in [4.69, 9.17) is 0 Å². The van der Waals surface area contributed by atoms with Crippen molar-refractivity contribution in [3.05, 3.63) is 0 Å². The fourth-order valence-corrected chi connectivity index (χ4v) is 0.540. The van der Waals surface area contributed by atoms with Crippen molar-refractivity contribution >= 4 is 6.29 Å². The Kier molecular flexibility index (Phi) is 0.685. The molecule has 0 heterocycles. The zero-order chi connectivity index (χ0) is 4.57. The van der Waals surface area contributed by atoms with Gasteiger partial charge in [-0.25, -0.2) is 0 Å². The molecule has 1 rings (SSSR count). The molecule has 0 unspecified atom stereocenters. The topological polar surface area (TPSA) is 17.1 Å². The Morgan fingerprint density at radius 2 is 2.33 bits per heavy atom. The van der Waals surface area contributed by atoms with Crippen molar-refractivity contribution in [3.8, 4) is 0 Å². The van der Waals surface area contributed by atoms with E-state index in [1.807, 2.05) is 0 Å². The third-order valence-electron chi connectivity index (χ3n) is 1.35. The maximum Gasteiger partial charge on any atom is 0.123 e. The van der Waals surface area contributed by atoms with Crippen LogP contribution in [-0.4, -0.2) is 6.29 Å². The molecule has 0 bridgehead atoms. The zero-order valence-electron chi connectivity index (χ0n) is 3.85. The Morgan fingerprint density at radius 3 is 2.33 bits per heavy atom. The molecule has 1 aliphatic carbocycles. The van der Waals surface area contributed by atoms with Crippen molar-refractivity contribution in [2.45, 2.75) is 13.3 Å². The summed E-state index contributed by atoms with van der Waals surface area (Å²) < 4.78 is 0. The molecule has 1 fully saturated rings. The number of carbonyl (C=O) groups excluding carboxylic acids is 1. The van der Waals surface area contributed by atoms with Crippen molar-refractivity contribution < 1.29 is 4.79 Å². The van der Waals surface area contributed by atoms with Crippen LogP contribution in [0.5, 0.6) is 0 Å². The normalized spacial score (nSPS) is 42.2. The summed E-state index contributed by atoms with van der Waals surface area (Å²) in [7, 11) is 0. The van der Waals surface area contributed by atoms with Gasteiger partial charge in [-0.05, 0) is 12.3 Å². The van der Waals surface area contributed by atoms with Crippen LogP contribution in [0, 0.1) is 11.8 Å². The highest BCUT2D eigenvalue weighted by Gasteiger charge is 2.31. The molecule has 0 aromatic rings. The van der Waals surface area contributed by atoms with E-state index in [0.29, 0.717) is 11.8 Å². The summed E-state index contributed by atoms with van der Waals surface area (Å²) in [6, 6.07) is 0. The first-order valence-electron chi connectivity index (χ1n) is 2.30. The van der Waals surface area contributed by atoms with E-state index >= 15 is 0 Å². The van der Waals surface area contributed by atoms with Gasteiger partial charge < -0.3 is 4.79 Å². The van der Waals surface area contributed by atoms with Crippen LogP contribution in [0.3, 0.4) is 0 Å². The van der Waals surface area contributed by atoms with E-state index in [1.54, 1.807) is 0 Å². The van der Waals surface area contributed by atoms with Gasteiger partial charge in [0.25, 0.3) is 0 Å². The molecular weight excluding hydrogens is 76.1 g/mol. The van der Waals surface area contributed by atoms with Crippen molar-refractivity contribution in [1.82, 2.24) is 0 Å². The number of aldehydes is 1. The minimum Gasteiger partial charge on any atom is -0.303 e. The highest BCUT2D eigenvalue weighted by atomic mass is 16.1. The molecule has 34 valence electrons. The molecule has 6 heavy (non-hydrogen) atoms. The predicted octanol–water partition coefficient (Wildman–Crippen LogP) is 0.841. The molecule has 1 saturated carbocycles. The molecule has 0 N–H and O–H groups in total. The van der Waals surface area contributed by atoms with Gasteiger partial charge in [-0.2, -0.15) is 0 Å². The van der Waals surface area contributed by atoms with Crippen LogP contribution in [0.1, 0.15) is 13.3 Å². The molecule has 0 saturated heterocycles. The van der Waals surface area contributed by atoms with E-state index in [9.17, 15) is 4.79 Å². The Bertz CT molecular complexity index is 68.3. The average Bonchev–Trinajstić information content (AvgIpc) is 2.19. The Hall–Kier alpha value is -0.330. The lowest BCUT2D eigenvalue weighted by Crippen LogP contribution is -1.73. The molecular formula is C5H8O. The fourth-order valence-electron chi connectivity index (χ4n) is 0.540. The number of rotatable bonds is 1. The molecule has 0 aliphatic heterocycles. The highest BCUT2D eigenvalue weighted by molar-refractivity contribution is 5.57. The smallest absolute Gasteiger partial charge is 0.123 e. The number of carbonyl (C=O) groups is 1. The van der Waals surface area contributed by atoms with Gasteiger partial charge in [-0.15, -0.1) is 0 Å². The molecule has 0 radical (unpaired) electrons. The minimum absolute atomic E-state index is 0.421. The largest absolute Gasteiger partial charge is 0.303 e. The second kappa shape index (κ2) is 1.07. The van der Waals surface area contributed by atoms with Crippen LogP contribution < -0.4 is 0 Å². The standard InChI is InChI=1S/C5H8O/c1-4-2-5(4)3-6/h3-5H,2H2,1H3/t4-,5+/m0/s1. The Morgan fingerprint density at radius 1 is 1.83 bits per heavy atom. The monoisotopic (exact) mass is 84.1 g/mol. The van der Waals surface area contributed by atoms with Gasteiger partial charge in [0.15, 0.2) is 0 Å². The van der Waals surface area contributed by atoms with Crippen LogP contribution >= 0.6 is 0 Å². The van der Waals surface area contributed by atoms with Crippen LogP contribution in [0.2, 0.25) is 0 Å². The molecule has 0 aromatic carbocycles. The summed E-state index contributed by atoms with van der Waals surface area (Å²) in [6.07, 6.45) is 2.17. The van der Waals surface area contributed by atoms with Crippen molar-refractivity contribution in [2.75, 3.05) is 0 Å². The van der Waals surface area contributed by atoms with E-state index in [-0.39, 0.29) is 0 Å². The lowest BCUT2D eigenvalue weighted by molar-refractivity contribution is -0.109. The van der Waals surface area contributed by atoms with Crippen LogP contribution in [0.4, 0.5) is 0 Å². The van der Waals surface area contributed by atoms with Crippen molar-refractivity contribution in [1.29, 1.82) is 0 Å². The van der Waals surface area contributed by atoms with Crippen LogP contribution in [-0.2, 0) is 4.79 Å². The number of hydrogen-bond donors (Lipinski definition) is 0. The summed E-state index contributed by atoms with van der Waals surface area (Å²) in [5.41, 5.74) is 0. The lowest BCUT2D eigenvalue weighted by atomic mass is 10.4. The first-order valence-corrected chi connectivity index (χ1v) is 2.30. The quantitative estimate of drug-likeness (QED) is 0.430. The van der Waals surface area contributed by atoms with Crippen molar-refractivity contribution in [3.63, 3.8) is 0 Å². The molecule has 1 nitrogen and oxygen atoms in total. The number of hydrogen-bond acceptors (Lipinski definition) is 1. The van der Waals surface area contributed by atoms with Crippen molar-refractivity contribution in [2.24, 2.45) is 11.8 Å². The highest BCUT2D eigenvalue weighted by Crippen LogP contribution is 2.34. The molecule has 1 heteroatoms. The summed E-state index contributed by atoms with van der Waals surface area (Å²) in [5, 5.41) is 0. The van der Waals surface area contributed by atoms with Gasteiger partial charge in [0.1, 0.15) is 6.29 Å². The second-order valence-electron chi connectivity index (χ2n) is 2.01. The summed E-state index contributed by atoms with van der Waals surface area (Å²) in [5.74, 6) is 1.12. The molecule has 0 aromatic heterocycles.